The minimum absolute atomic E-state index is 0.157. The van der Waals surface area contributed by atoms with Gasteiger partial charge in [0.2, 0.25) is 5.88 Å². The molecule has 1 N–H and O–H groups in total. The Labute approximate surface area is 164 Å². The van der Waals surface area contributed by atoms with Crippen LogP contribution in [0, 0.1) is 0 Å². The molecule has 4 amide bonds. The summed E-state index contributed by atoms with van der Waals surface area (Å²) in [6, 6.07) is 18.7. The van der Waals surface area contributed by atoms with E-state index in [1.165, 1.54) is 13.1 Å². The number of rotatable bonds is 2. The molecule has 1 aliphatic heterocycles. The van der Waals surface area contributed by atoms with Crippen LogP contribution in [0.1, 0.15) is 5.76 Å². The van der Waals surface area contributed by atoms with E-state index in [4.69, 9.17) is 4.42 Å². The number of barbiturate groups is 1. The van der Waals surface area contributed by atoms with Crippen LogP contribution in [0.2, 0.25) is 0 Å². The first kappa shape index (κ1) is 17.0. The second kappa shape index (κ2) is 6.20. The summed E-state index contributed by atoms with van der Waals surface area (Å²) in [6.07, 6.45) is 1.35. The van der Waals surface area contributed by atoms with Crippen LogP contribution in [-0.4, -0.2) is 34.4 Å². The van der Waals surface area contributed by atoms with Gasteiger partial charge in [-0.2, -0.15) is 0 Å². The molecule has 29 heavy (non-hydrogen) atoms. The number of benzene rings is 2. The summed E-state index contributed by atoms with van der Waals surface area (Å²) >= 11 is 0. The minimum Gasteiger partial charge on any atom is -0.440 e. The highest BCUT2D eigenvalue weighted by molar-refractivity contribution is 6.30. The van der Waals surface area contributed by atoms with E-state index in [2.05, 4.69) is 17.4 Å². The maximum absolute atomic E-state index is 12.3. The third-order valence-corrected chi connectivity index (χ3v) is 5.00. The molecule has 0 spiro atoms. The lowest BCUT2D eigenvalue weighted by Gasteiger charge is -2.21. The van der Waals surface area contributed by atoms with Crippen LogP contribution >= 0.6 is 0 Å². The first-order valence-electron chi connectivity index (χ1n) is 8.98. The third-order valence-electron chi connectivity index (χ3n) is 5.00. The fraction of sp³-hybridized carbons (Fsp3) is 0.0455. The van der Waals surface area contributed by atoms with E-state index < -0.39 is 17.8 Å². The molecule has 0 unspecified atom stereocenters. The van der Waals surface area contributed by atoms with Gasteiger partial charge in [-0.05, 0) is 24.3 Å². The van der Waals surface area contributed by atoms with Crippen molar-refractivity contribution in [3.05, 3.63) is 72.0 Å². The first-order valence-corrected chi connectivity index (χ1v) is 8.98. The number of fused-ring (bicyclic) bond motifs is 3. The van der Waals surface area contributed by atoms with Gasteiger partial charge in [-0.1, -0.05) is 36.4 Å². The third kappa shape index (κ3) is 2.55. The van der Waals surface area contributed by atoms with E-state index in [0.29, 0.717) is 11.6 Å². The Morgan fingerprint density at radius 2 is 1.48 bits per heavy atom. The molecule has 1 aliphatic rings. The SMILES string of the molecule is CN1C(=O)NC(=O)/C(=C/c2ccc(-n3c4ccccc4c4ccccc43)o2)C1=O. The minimum atomic E-state index is -0.748. The number of furan rings is 1. The Morgan fingerprint density at radius 3 is 2.14 bits per heavy atom. The van der Waals surface area contributed by atoms with Crippen molar-refractivity contribution in [3.8, 4) is 5.88 Å². The van der Waals surface area contributed by atoms with Crippen LogP contribution in [0.15, 0.2) is 70.7 Å². The standard InChI is InChI=1S/C22H15N3O4/c1-24-21(27)16(20(26)23-22(24)28)12-13-10-11-19(29-13)25-17-8-4-2-6-14(17)15-7-3-5-9-18(15)25/h2-12H,1H3,(H,23,26,28)/b16-12-. The van der Waals surface area contributed by atoms with Gasteiger partial charge in [0, 0.05) is 23.9 Å². The largest absolute Gasteiger partial charge is 0.440 e. The smallest absolute Gasteiger partial charge is 0.331 e. The Kier molecular flexibility index (Phi) is 3.64. The number of carbonyl (C=O) groups excluding carboxylic acids is 3. The zero-order chi connectivity index (χ0) is 20.1. The summed E-state index contributed by atoms with van der Waals surface area (Å²) in [5.74, 6) is -0.521. The van der Waals surface area contributed by atoms with Crippen LogP contribution in [-0.2, 0) is 9.59 Å². The number of para-hydroxylation sites is 2. The van der Waals surface area contributed by atoms with Crippen LogP contribution < -0.4 is 5.32 Å². The lowest BCUT2D eigenvalue weighted by atomic mass is 10.1. The quantitative estimate of drug-likeness (QED) is 0.423. The second-order valence-corrected chi connectivity index (χ2v) is 6.73. The summed E-state index contributed by atoms with van der Waals surface area (Å²) in [4.78, 5) is 36.7. The predicted octanol–water partition coefficient (Wildman–Crippen LogP) is 3.47. The number of amides is 4. The first-order chi connectivity index (χ1) is 14.0. The van der Waals surface area contributed by atoms with Crippen molar-refractivity contribution in [2.75, 3.05) is 7.05 Å². The highest BCUT2D eigenvalue weighted by atomic mass is 16.4. The van der Waals surface area contributed by atoms with Gasteiger partial charge in [-0.3, -0.25) is 24.4 Å². The lowest BCUT2D eigenvalue weighted by Crippen LogP contribution is -2.52. The Hall–Kier alpha value is -4.13. The molecule has 0 atom stereocenters. The molecule has 1 saturated heterocycles. The molecule has 142 valence electrons. The molecule has 5 rings (SSSR count). The molecule has 0 radical (unpaired) electrons. The summed E-state index contributed by atoms with van der Waals surface area (Å²) in [5.41, 5.74) is 1.81. The molecular formula is C22H15N3O4. The fourth-order valence-corrected chi connectivity index (χ4v) is 3.59. The summed E-state index contributed by atoms with van der Waals surface area (Å²) in [5, 5.41) is 4.32. The van der Waals surface area contributed by atoms with E-state index in [1.807, 2.05) is 41.0 Å². The van der Waals surface area contributed by atoms with Crippen molar-refractivity contribution in [2.45, 2.75) is 0 Å². The zero-order valence-corrected chi connectivity index (χ0v) is 15.4. The van der Waals surface area contributed by atoms with Crippen LogP contribution in [0.5, 0.6) is 0 Å². The van der Waals surface area contributed by atoms with E-state index in [1.54, 1.807) is 12.1 Å². The molecule has 2 aromatic heterocycles. The molecule has 0 aliphatic carbocycles. The van der Waals surface area contributed by atoms with Gasteiger partial charge < -0.3 is 4.42 Å². The number of aromatic nitrogens is 1. The highest BCUT2D eigenvalue weighted by Gasteiger charge is 2.33. The fourth-order valence-electron chi connectivity index (χ4n) is 3.59. The topological polar surface area (TPSA) is 84.6 Å². The van der Waals surface area contributed by atoms with Gasteiger partial charge in [0.15, 0.2) is 0 Å². The van der Waals surface area contributed by atoms with E-state index >= 15 is 0 Å². The second-order valence-electron chi connectivity index (χ2n) is 6.73. The average Bonchev–Trinajstić information content (AvgIpc) is 3.31. The van der Waals surface area contributed by atoms with Gasteiger partial charge >= 0.3 is 6.03 Å². The number of nitrogens with zero attached hydrogens (tertiary/aromatic N) is 2. The normalized spacial score (nSPS) is 16.2. The summed E-state index contributed by atoms with van der Waals surface area (Å²) < 4.78 is 7.95. The number of nitrogens with one attached hydrogen (secondary N) is 1. The zero-order valence-electron chi connectivity index (χ0n) is 15.4. The Balaban J connectivity index is 1.64. The lowest BCUT2D eigenvalue weighted by molar-refractivity contribution is -0.129. The van der Waals surface area contributed by atoms with Crippen LogP contribution in [0.3, 0.4) is 0 Å². The Morgan fingerprint density at radius 1 is 0.862 bits per heavy atom. The monoisotopic (exact) mass is 385 g/mol. The maximum Gasteiger partial charge on any atom is 0.331 e. The van der Waals surface area contributed by atoms with Gasteiger partial charge in [-0.25, -0.2) is 4.79 Å². The molecule has 2 aromatic carbocycles. The molecule has 7 heteroatoms. The van der Waals surface area contributed by atoms with Crippen molar-refractivity contribution < 1.29 is 18.8 Å². The number of hydrogen-bond donors (Lipinski definition) is 1. The van der Waals surface area contributed by atoms with Gasteiger partial charge in [0.1, 0.15) is 11.3 Å². The molecular weight excluding hydrogens is 370 g/mol. The predicted molar refractivity (Wildman–Crippen MR) is 107 cm³/mol. The molecule has 0 saturated carbocycles. The van der Waals surface area contributed by atoms with E-state index in [9.17, 15) is 14.4 Å². The van der Waals surface area contributed by atoms with E-state index in [-0.39, 0.29) is 5.57 Å². The summed E-state index contributed by atoms with van der Waals surface area (Å²) in [7, 11) is 1.31. The van der Waals surface area contributed by atoms with Crippen molar-refractivity contribution in [2.24, 2.45) is 0 Å². The Bertz CT molecular complexity index is 1310. The van der Waals surface area contributed by atoms with E-state index in [0.717, 1.165) is 26.7 Å². The highest BCUT2D eigenvalue weighted by Crippen LogP contribution is 2.32. The van der Waals surface area contributed by atoms with Crippen LogP contribution in [0.4, 0.5) is 4.79 Å². The van der Waals surface area contributed by atoms with Crippen molar-refractivity contribution in [1.82, 2.24) is 14.8 Å². The molecule has 1 fully saturated rings. The van der Waals surface area contributed by atoms with Crippen molar-refractivity contribution in [1.29, 1.82) is 0 Å². The number of urea groups is 1. The van der Waals surface area contributed by atoms with Crippen molar-refractivity contribution in [3.63, 3.8) is 0 Å². The molecule has 4 aromatic rings. The van der Waals surface area contributed by atoms with Crippen molar-refractivity contribution >= 4 is 45.7 Å². The van der Waals surface area contributed by atoms with Gasteiger partial charge in [0.05, 0.1) is 11.0 Å². The van der Waals surface area contributed by atoms with Crippen LogP contribution in [0.25, 0.3) is 33.8 Å². The number of carbonyl (C=O) groups is 3. The van der Waals surface area contributed by atoms with Gasteiger partial charge in [0.25, 0.3) is 11.8 Å². The molecule has 7 nitrogen and oxygen atoms in total. The average molecular weight is 385 g/mol. The summed E-state index contributed by atoms with van der Waals surface area (Å²) in [6.45, 7) is 0. The molecule has 3 heterocycles. The molecule has 0 bridgehead atoms. The number of hydrogen-bond acceptors (Lipinski definition) is 4. The maximum atomic E-state index is 12.3. The van der Waals surface area contributed by atoms with Gasteiger partial charge in [-0.15, -0.1) is 0 Å². The number of likely N-dealkylation sites (N-methyl/N-ethyl adjacent to an activating group) is 1. The number of imide groups is 2.